The minimum atomic E-state index is -0.645. The van der Waals surface area contributed by atoms with Gasteiger partial charge in [0.25, 0.3) is 0 Å². The molecule has 4 aliphatic rings. The fraction of sp³-hybridized carbons (Fsp3) is 0.312. The molecule has 4 atom stereocenters. The largest absolute Gasteiger partial charge is 0.491 e. The van der Waals surface area contributed by atoms with E-state index in [2.05, 4.69) is 15.9 Å². The van der Waals surface area contributed by atoms with Gasteiger partial charge in [-0.25, -0.2) is 0 Å². The van der Waals surface area contributed by atoms with E-state index >= 15 is 0 Å². The molecule has 1 saturated heterocycles. The minimum Gasteiger partial charge on any atom is -0.491 e. The molecule has 2 amide bonds. The number of anilines is 1. The Morgan fingerprint density at radius 2 is 1.75 bits per heavy atom. The number of carbonyl (C=O) groups is 4. The average molecular weight is 602 g/mol. The first-order valence-corrected chi connectivity index (χ1v) is 14.3. The van der Waals surface area contributed by atoms with Gasteiger partial charge in [-0.05, 0) is 64.9 Å². The third-order valence-corrected chi connectivity index (χ3v) is 9.10. The summed E-state index contributed by atoms with van der Waals surface area (Å²) in [6, 6.07) is 14.7. The Kier molecular flexibility index (Phi) is 6.92. The first-order valence-electron chi connectivity index (χ1n) is 13.5. The smallest absolute Gasteiger partial charge is 0.238 e. The number of ketones is 2. The number of carbonyl (C=O) groups excluding carboxylic acids is 4. The SMILES string of the molecule is CCc1ccc(N2C(=O)C3CC=C4C(c5ccccc5OCCO)C5=C(CC4C3C2=O)C(=O)C(Br)=CC5=O)cc1. The van der Waals surface area contributed by atoms with Crippen LogP contribution in [-0.4, -0.2) is 41.7 Å². The van der Waals surface area contributed by atoms with Gasteiger partial charge >= 0.3 is 0 Å². The highest BCUT2D eigenvalue weighted by atomic mass is 79.9. The highest BCUT2D eigenvalue weighted by molar-refractivity contribution is 9.12. The fourth-order valence-corrected chi connectivity index (χ4v) is 7.15. The average Bonchev–Trinajstić information content (AvgIpc) is 3.23. The van der Waals surface area contributed by atoms with Crippen molar-refractivity contribution in [3.63, 3.8) is 0 Å². The van der Waals surface area contributed by atoms with Gasteiger partial charge in [-0.3, -0.25) is 24.1 Å². The summed E-state index contributed by atoms with van der Waals surface area (Å²) >= 11 is 3.26. The van der Waals surface area contributed by atoms with Crippen molar-refractivity contribution in [3.8, 4) is 5.75 Å². The molecule has 0 spiro atoms. The van der Waals surface area contributed by atoms with Crippen molar-refractivity contribution in [1.82, 2.24) is 0 Å². The summed E-state index contributed by atoms with van der Waals surface area (Å²) in [5.41, 5.74) is 3.96. The van der Waals surface area contributed by atoms with Gasteiger partial charge in [-0.1, -0.05) is 48.9 Å². The van der Waals surface area contributed by atoms with Crippen LogP contribution in [-0.2, 0) is 25.6 Å². The normalized spacial score (nSPS) is 25.8. The van der Waals surface area contributed by atoms with Crippen molar-refractivity contribution < 1.29 is 29.0 Å². The Balaban J connectivity index is 1.47. The van der Waals surface area contributed by atoms with Gasteiger partial charge in [0.15, 0.2) is 11.6 Å². The zero-order valence-electron chi connectivity index (χ0n) is 21.9. The van der Waals surface area contributed by atoms with Gasteiger partial charge in [0.1, 0.15) is 12.4 Å². The summed E-state index contributed by atoms with van der Waals surface area (Å²) in [7, 11) is 0. The van der Waals surface area contributed by atoms with Gasteiger partial charge in [0.2, 0.25) is 11.8 Å². The van der Waals surface area contributed by atoms with E-state index in [0.29, 0.717) is 34.6 Å². The summed E-state index contributed by atoms with van der Waals surface area (Å²) in [6.45, 7) is 1.93. The predicted octanol–water partition coefficient (Wildman–Crippen LogP) is 4.59. The summed E-state index contributed by atoms with van der Waals surface area (Å²) in [4.78, 5) is 55.8. The first-order chi connectivity index (χ1) is 19.3. The molecule has 0 bridgehead atoms. The molecule has 1 heterocycles. The van der Waals surface area contributed by atoms with E-state index in [-0.39, 0.29) is 47.5 Å². The van der Waals surface area contributed by atoms with Crippen LogP contribution in [0.2, 0.25) is 0 Å². The van der Waals surface area contributed by atoms with Crippen LogP contribution in [0.5, 0.6) is 5.75 Å². The van der Waals surface area contributed by atoms with Crippen molar-refractivity contribution in [2.24, 2.45) is 17.8 Å². The third kappa shape index (κ3) is 4.12. The molecule has 7 nitrogen and oxygen atoms in total. The predicted molar refractivity (Wildman–Crippen MR) is 152 cm³/mol. The highest BCUT2D eigenvalue weighted by Crippen LogP contribution is 2.56. The van der Waals surface area contributed by atoms with E-state index in [1.165, 1.54) is 11.0 Å². The van der Waals surface area contributed by atoms with Gasteiger partial charge in [-0.2, -0.15) is 0 Å². The molecule has 1 aliphatic heterocycles. The van der Waals surface area contributed by atoms with Crippen molar-refractivity contribution >= 4 is 45.0 Å². The maximum Gasteiger partial charge on any atom is 0.238 e. The van der Waals surface area contributed by atoms with Crippen molar-refractivity contribution in [2.45, 2.75) is 32.1 Å². The molecule has 4 unspecified atom stereocenters. The number of nitrogens with zero attached hydrogens (tertiary/aromatic N) is 1. The lowest BCUT2D eigenvalue weighted by Crippen LogP contribution is -2.39. The van der Waals surface area contributed by atoms with Gasteiger partial charge in [0, 0.05) is 28.7 Å². The molecule has 1 N–H and O–H groups in total. The zero-order chi connectivity index (χ0) is 28.1. The van der Waals surface area contributed by atoms with Gasteiger partial charge in [-0.15, -0.1) is 0 Å². The Morgan fingerprint density at radius 1 is 1.00 bits per heavy atom. The van der Waals surface area contributed by atoms with Crippen LogP contribution in [0.15, 0.2) is 81.9 Å². The topological polar surface area (TPSA) is 101 Å². The van der Waals surface area contributed by atoms with E-state index in [4.69, 9.17) is 4.74 Å². The van der Waals surface area contributed by atoms with E-state index in [1.54, 1.807) is 6.07 Å². The number of hydrogen-bond acceptors (Lipinski definition) is 6. The molecule has 0 aromatic heterocycles. The Morgan fingerprint density at radius 3 is 2.48 bits per heavy atom. The molecule has 8 heteroatoms. The number of imide groups is 1. The number of ether oxygens (including phenoxy) is 1. The van der Waals surface area contributed by atoms with Crippen LogP contribution in [0.1, 0.15) is 36.8 Å². The zero-order valence-corrected chi connectivity index (χ0v) is 23.5. The first kappa shape index (κ1) is 26.6. The molecule has 3 aliphatic carbocycles. The minimum absolute atomic E-state index is 0.0694. The third-order valence-electron chi connectivity index (χ3n) is 8.51. The number of aliphatic hydroxyl groups excluding tert-OH is 1. The molecule has 6 rings (SSSR count). The second-order valence-electron chi connectivity index (χ2n) is 10.5. The van der Waals surface area contributed by atoms with E-state index in [1.807, 2.05) is 55.5 Å². The lowest BCUT2D eigenvalue weighted by molar-refractivity contribution is -0.123. The molecule has 2 aromatic carbocycles. The summed E-state index contributed by atoms with van der Waals surface area (Å²) in [5, 5.41) is 9.38. The van der Waals surface area contributed by atoms with Crippen LogP contribution in [0.3, 0.4) is 0 Å². The number of halogens is 1. The number of benzene rings is 2. The molecule has 0 radical (unpaired) electrons. The Hall–Kier alpha value is -3.62. The van der Waals surface area contributed by atoms with Gasteiger partial charge in [0.05, 0.1) is 28.6 Å². The molecular weight excluding hydrogens is 574 g/mol. The molecule has 40 heavy (non-hydrogen) atoms. The second kappa shape index (κ2) is 10.4. The maximum atomic E-state index is 14.0. The van der Waals surface area contributed by atoms with E-state index in [0.717, 1.165) is 17.6 Å². The number of para-hydroxylation sites is 1. The van der Waals surface area contributed by atoms with Crippen LogP contribution in [0, 0.1) is 17.8 Å². The van der Waals surface area contributed by atoms with Crippen LogP contribution >= 0.6 is 15.9 Å². The van der Waals surface area contributed by atoms with Gasteiger partial charge < -0.3 is 9.84 Å². The van der Waals surface area contributed by atoms with E-state index in [9.17, 15) is 24.3 Å². The number of rotatable bonds is 6. The number of aryl methyl sites for hydroxylation is 1. The monoisotopic (exact) mass is 601 g/mol. The van der Waals surface area contributed by atoms with Crippen molar-refractivity contribution in [3.05, 3.63) is 93.0 Å². The standard InChI is InChI=1S/C32H28BrNO6/c1-2-17-7-9-18(10-8-17)34-31(38)21-12-11-19-22(28(21)32(34)39)15-23-29(25(36)16-24(33)30(23)37)27(19)20-5-3-4-6-26(20)40-14-13-35/h3-11,16,21-22,27-28,35H,2,12-15H2,1H3. The number of hydrogen-bond donors (Lipinski definition) is 1. The number of amides is 2. The molecular formula is C32H28BrNO6. The van der Waals surface area contributed by atoms with Crippen LogP contribution in [0.4, 0.5) is 5.69 Å². The van der Waals surface area contributed by atoms with E-state index < -0.39 is 23.7 Å². The van der Waals surface area contributed by atoms with Crippen LogP contribution in [0.25, 0.3) is 0 Å². The maximum absolute atomic E-state index is 14.0. The fourth-order valence-electron chi connectivity index (χ4n) is 6.70. The number of Topliss-reactive ketones (excluding diaryl/α,β-unsaturated/α-hetero) is 1. The number of aliphatic hydroxyl groups is 1. The summed E-state index contributed by atoms with van der Waals surface area (Å²) in [5.74, 6) is -2.78. The molecule has 1 fully saturated rings. The summed E-state index contributed by atoms with van der Waals surface area (Å²) in [6.07, 6.45) is 4.72. The molecule has 204 valence electrons. The number of allylic oxidation sites excluding steroid dienone is 6. The Bertz CT molecular complexity index is 1530. The quantitative estimate of drug-likeness (QED) is 0.295. The number of fused-ring (bicyclic) bond motifs is 3. The van der Waals surface area contributed by atoms with Crippen molar-refractivity contribution in [1.29, 1.82) is 0 Å². The Labute approximate surface area is 240 Å². The lowest BCUT2D eigenvalue weighted by Gasteiger charge is -2.42. The highest BCUT2D eigenvalue weighted by Gasteiger charge is 2.56. The van der Waals surface area contributed by atoms with Crippen molar-refractivity contribution in [2.75, 3.05) is 18.1 Å². The molecule has 0 saturated carbocycles. The lowest BCUT2D eigenvalue weighted by atomic mass is 9.59. The van der Waals surface area contributed by atoms with Crippen LogP contribution < -0.4 is 9.64 Å². The summed E-state index contributed by atoms with van der Waals surface area (Å²) < 4.78 is 6.04. The molecule has 2 aromatic rings. The second-order valence-corrected chi connectivity index (χ2v) is 11.4.